The van der Waals surface area contributed by atoms with Gasteiger partial charge in [0, 0.05) is 39.6 Å². The molecule has 1 aromatic rings. The molecule has 1 aliphatic heterocycles. The molecule has 1 saturated heterocycles. The van der Waals surface area contributed by atoms with Crippen molar-refractivity contribution < 1.29 is 22.4 Å². The lowest BCUT2D eigenvalue weighted by Gasteiger charge is -2.35. The summed E-state index contributed by atoms with van der Waals surface area (Å²) in [7, 11) is 0. The molecule has 1 aliphatic rings. The fourth-order valence-corrected chi connectivity index (χ4v) is 2.46. The smallest absolute Gasteiger partial charge is 0.405 e. The molecular formula is C13H19F3N4O2. The van der Waals surface area contributed by atoms with Crippen LogP contribution in [0, 0.1) is 13.8 Å². The molecule has 124 valence electrons. The SMILES string of the molecule is Cc1nc(C)c(C(=O)NCC(N2CCNCC2)C(F)(F)F)o1. The summed E-state index contributed by atoms with van der Waals surface area (Å²) < 4.78 is 44.7. The molecule has 0 bridgehead atoms. The Morgan fingerprint density at radius 1 is 1.41 bits per heavy atom. The van der Waals surface area contributed by atoms with Crippen molar-refractivity contribution in [2.45, 2.75) is 26.1 Å². The third kappa shape index (κ3) is 3.98. The molecule has 22 heavy (non-hydrogen) atoms. The van der Waals surface area contributed by atoms with Gasteiger partial charge in [-0.1, -0.05) is 0 Å². The van der Waals surface area contributed by atoms with E-state index in [1.54, 1.807) is 13.8 Å². The van der Waals surface area contributed by atoms with E-state index >= 15 is 0 Å². The third-order valence-corrected chi connectivity index (χ3v) is 3.54. The van der Waals surface area contributed by atoms with Crippen LogP contribution < -0.4 is 10.6 Å². The Hall–Kier alpha value is -1.61. The van der Waals surface area contributed by atoms with Crippen molar-refractivity contribution in [2.24, 2.45) is 0 Å². The normalized spacial score (nSPS) is 18.2. The zero-order valence-electron chi connectivity index (χ0n) is 12.5. The predicted octanol–water partition coefficient (Wildman–Crippen LogP) is 0.857. The molecule has 2 heterocycles. The molecule has 1 aromatic heterocycles. The Morgan fingerprint density at radius 3 is 2.55 bits per heavy atom. The van der Waals surface area contributed by atoms with Crippen LogP contribution >= 0.6 is 0 Å². The van der Waals surface area contributed by atoms with Crippen LogP contribution in [0.4, 0.5) is 13.2 Å². The Bertz CT molecular complexity index is 524. The van der Waals surface area contributed by atoms with Crippen LogP contribution in [-0.4, -0.2) is 60.7 Å². The molecule has 9 heteroatoms. The molecule has 0 saturated carbocycles. The van der Waals surface area contributed by atoms with Gasteiger partial charge in [-0.05, 0) is 6.92 Å². The van der Waals surface area contributed by atoms with Crippen molar-refractivity contribution in [1.82, 2.24) is 20.5 Å². The van der Waals surface area contributed by atoms with Gasteiger partial charge >= 0.3 is 6.18 Å². The highest BCUT2D eigenvalue weighted by atomic mass is 19.4. The van der Waals surface area contributed by atoms with Crippen molar-refractivity contribution in [2.75, 3.05) is 32.7 Å². The molecule has 1 amide bonds. The van der Waals surface area contributed by atoms with Crippen LogP contribution in [-0.2, 0) is 0 Å². The quantitative estimate of drug-likeness (QED) is 0.861. The maximum Gasteiger partial charge on any atom is 0.405 e. The lowest BCUT2D eigenvalue weighted by Crippen LogP contribution is -2.57. The topological polar surface area (TPSA) is 70.4 Å². The second kappa shape index (κ2) is 6.66. The van der Waals surface area contributed by atoms with Crippen LogP contribution in [0.2, 0.25) is 0 Å². The molecule has 6 nitrogen and oxygen atoms in total. The van der Waals surface area contributed by atoms with Crippen molar-refractivity contribution in [1.29, 1.82) is 0 Å². The minimum atomic E-state index is -4.41. The van der Waals surface area contributed by atoms with Gasteiger partial charge in [-0.2, -0.15) is 13.2 Å². The molecule has 0 aliphatic carbocycles. The van der Waals surface area contributed by atoms with Crippen molar-refractivity contribution >= 4 is 5.91 Å². The number of nitrogens with zero attached hydrogens (tertiary/aromatic N) is 2. The van der Waals surface area contributed by atoms with E-state index in [2.05, 4.69) is 15.6 Å². The number of carbonyl (C=O) groups excluding carboxylic acids is 1. The van der Waals surface area contributed by atoms with E-state index in [0.29, 0.717) is 37.8 Å². The number of hydrogen-bond donors (Lipinski definition) is 2. The summed E-state index contributed by atoms with van der Waals surface area (Å²) >= 11 is 0. The maximum absolute atomic E-state index is 13.2. The molecule has 1 atom stereocenters. The third-order valence-electron chi connectivity index (χ3n) is 3.54. The average Bonchev–Trinajstić information content (AvgIpc) is 2.77. The van der Waals surface area contributed by atoms with Crippen LogP contribution in [0.5, 0.6) is 0 Å². The van der Waals surface area contributed by atoms with Gasteiger partial charge in [0.25, 0.3) is 5.91 Å². The Morgan fingerprint density at radius 2 is 2.05 bits per heavy atom. The van der Waals surface area contributed by atoms with E-state index in [4.69, 9.17) is 4.42 Å². The van der Waals surface area contributed by atoms with Gasteiger partial charge in [-0.3, -0.25) is 9.69 Å². The number of hydrogen-bond acceptors (Lipinski definition) is 5. The van der Waals surface area contributed by atoms with E-state index in [-0.39, 0.29) is 5.76 Å². The minimum absolute atomic E-state index is 0.0428. The first kappa shape index (κ1) is 16.8. The van der Waals surface area contributed by atoms with E-state index in [0.717, 1.165) is 0 Å². The highest BCUT2D eigenvalue weighted by Crippen LogP contribution is 2.25. The molecule has 2 rings (SSSR count). The number of carbonyl (C=O) groups is 1. The average molecular weight is 320 g/mol. The fourth-order valence-electron chi connectivity index (χ4n) is 2.46. The molecular weight excluding hydrogens is 301 g/mol. The summed E-state index contributed by atoms with van der Waals surface area (Å²) in [5.74, 6) is -0.418. The Balaban J connectivity index is 2.01. The first-order valence-corrected chi connectivity index (χ1v) is 7.02. The number of aromatic nitrogens is 1. The lowest BCUT2D eigenvalue weighted by molar-refractivity contribution is -0.183. The maximum atomic E-state index is 13.2. The number of aryl methyl sites for hydroxylation is 2. The Kier molecular flexibility index (Phi) is 5.07. The van der Waals surface area contributed by atoms with E-state index in [1.807, 2.05) is 0 Å². The minimum Gasteiger partial charge on any atom is -0.436 e. The van der Waals surface area contributed by atoms with Crippen LogP contribution in [0.25, 0.3) is 0 Å². The van der Waals surface area contributed by atoms with Gasteiger partial charge in [0.05, 0.1) is 5.69 Å². The summed E-state index contributed by atoms with van der Waals surface area (Å²) in [5.41, 5.74) is 0.362. The van der Waals surface area contributed by atoms with Gasteiger partial charge in [0.15, 0.2) is 5.89 Å². The summed E-state index contributed by atoms with van der Waals surface area (Å²) in [6.07, 6.45) is -4.41. The van der Waals surface area contributed by atoms with Crippen LogP contribution in [0.15, 0.2) is 4.42 Å². The van der Waals surface area contributed by atoms with Crippen molar-refractivity contribution in [3.8, 4) is 0 Å². The standard InChI is InChI=1S/C13H19F3N4O2/c1-8-11(22-9(2)19-8)12(21)18-7-10(13(14,15)16)20-5-3-17-4-6-20/h10,17H,3-7H2,1-2H3,(H,18,21). The molecule has 1 fully saturated rings. The number of rotatable bonds is 4. The van der Waals surface area contributed by atoms with Gasteiger partial charge in [0.2, 0.25) is 5.76 Å². The summed E-state index contributed by atoms with van der Waals surface area (Å²) in [5, 5.41) is 5.30. The summed E-state index contributed by atoms with van der Waals surface area (Å²) in [6, 6.07) is -1.71. The van der Waals surface area contributed by atoms with E-state index in [9.17, 15) is 18.0 Å². The molecule has 2 N–H and O–H groups in total. The summed E-state index contributed by atoms with van der Waals surface area (Å²) in [4.78, 5) is 17.2. The van der Waals surface area contributed by atoms with Gasteiger partial charge < -0.3 is 15.1 Å². The number of alkyl halides is 3. The summed E-state index contributed by atoms with van der Waals surface area (Å²) in [6.45, 7) is 4.22. The largest absolute Gasteiger partial charge is 0.436 e. The predicted molar refractivity (Wildman–Crippen MR) is 72.6 cm³/mol. The number of oxazole rings is 1. The molecule has 0 spiro atoms. The number of halogens is 3. The number of piperazine rings is 1. The number of nitrogens with one attached hydrogen (secondary N) is 2. The van der Waals surface area contributed by atoms with Crippen LogP contribution in [0.3, 0.4) is 0 Å². The van der Waals surface area contributed by atoms with Crippen LogP contribution in [0.1, 0.15) is 22.1 Å². The number of amides is 1. The highest BCUT2D eigenvalue weighted by Gasteiger charge is 2.44. The van der Waals surface area contributed by atoms with Gasteiger partial charge in [0.1, 0.15) is 6.04 Å². The first-order valence-electron chi connectivity index (χ1n) is 7.02. The van der Waals surface area contributed by atoms with E-state index < -0.39 is 24.7 Å². The van der Waals surface area contributed by atoms with Crippen molar-refractivity contribution in [3.05, 3.63) is 17.3 Å². The van der Waals surface area contributed by atoms with Gasteiger partial charge in [-0.15, -0.1) is 0 Å². The molecule has 0 radical (unpaired) electrons. The van der Waals surface area contributed by atoms with E-state index in [1.165, 1.54) is 4.90 Å². The second-order valence-electron chi connectivity index (χ2n) is 5.20. The second-order valence-corrected chi connectivity index (χ2v) is 5.20. The first-order chi connectivity index (χ1) is 10.3. The highest BCUT2D eigenvalue weighted by molar-refractivity contribution is 5.92. The zero-order valence-corrected chi connectivity index (χ0v) is 12.5. The monoisotopic (exact) mass is 320 g/mol. The fraction of sp³-hybridized carbons (Fsp3) is 0.692. The van der Waals surface area contributed by atoms with Crippen molar-refractivity contribution in [3.63, 3.8) is 0 Å². The molecule has 1 unspecified atom stereocenters. The Labute approximate surface area is 126 Å². The molecule has 0 aromatic carbocycles. The zero-order chi connectivity index (χ0) is 16.3. The lowest BCUT2D eigenvalue weighted by atomic mass is 10.2. The van der Waals surface area contributed by atoms with Gasteiger partial charge in [-0.25, -0.2) is 4.98 Å².